The SMILES string of the molecule is CCCCCCN(C(=O)C(C)(C)CCC)c1ccc(F)[c]([Ti]([c]2c(F)ccc(N(CCCCCC)C(=O)C(C)(C)CCC)c2F)([C]2(C)C=CC=C2)[C]2(C)C=CC=C2)c1F. The molecule has 4 nitrogen and oxygen atoms in total. The van der Waals surface area contributed by atoms with E-state index in [4.69, 9.17) is 0 Å². The number of hydrogen-bond donors (Lipinski definition) is 0. The predicted octanol–water partition coefficient (Wildman–Crippen LogP) is 13.4. The van der Waals surface area contributed by atoms with E-state index in [1.807, 2.05) is 79.7 Å². The van der Waals surface area contributed by atoms with Crippen molar-refractivity contribution in [3.8, 4) is 0 Å². The van der Waals surface area contributed by atoms with Crippen LogP contribution in [0.4, 0.5) is 28.9 Å². The predicted molar refractivity (Wildman–Crippen MR) is 236 cm³/mol. The van der Waals surface area contributed by atoms with Crippen molar-refractivity contribution in [1.29, 1.82) is 0 Å². The van der Waals surface area contributed by atoms with Gasteiger partial charge >= 0.3 is 358 Å². The van der Waals surface area contributed by atoms with Crippen molar-refractivity contribution >= 4 is 30.9 Å². The quantitative estimate of drug-likeness (QED) is 0.0672. The van der Waals surface area contributed by atoms with Crippen LogP contribution in [0.5, 0.6) is 0 Å². The van der Waals surface area contributed by atoms with E-state index in [2.05, 4.69) is 13.8 Å². The van der Waals surface area contributed by atoms with Crippen molar-refractivity contribution in [2.45, 2.75) is 154 Å². The summed E-state index contributed by atoms with van der Waals surface area (Å²) < 4.78 is 68.6. The topological polar surface area (TPSA) is 40.6 Å². The summed E-state index contributed by atoms with van der Waals surface area (Å²) in [7, 11) is 0. The van der Waals surface area contributed by atoms with Crippen LogP contribution < -0.4 is 17.5 Å². The molecular weight excluding hydrogens is 784 g/mol. The van der Waals surface area contributed by atoms with Gasteiger partial charge in [0.05, 0.1) is 0 Å². The molecule has 0 N–H and O–H groups in total. The Kier molecular flexibility index (Phi) is 16.5. The number of anilines is 2. The molecule has 9 heteroatoms. The van der Waals surface area contributed by atoms with E-state index in [9.17, 15) is 9.59 Å². The molecule has 2 aromatic carbocycles. The monoisotopic (exact) mass is 854 g/mol. The molecule has 2 aliphatic rings. The van der Waals surface area contributed by atoms with Crippen LogP contribution in [0.3, 0.4) is 0 Å². The number of amides is 2. The zero-order valence-electron chi connectivity index (χ0n) is 37.6. The van der Waals surface area contributed by atoms with Gasteiger partial charge in [-0.25, -0.2) is 0 Å². The first-order chi connectivity index (χ1) is 27.9. The fourth-order valence-corrected chi connectivity index (χ4v) is 20.4. The molecule has 0 atom stereocenters. The second kappa shape index (κ2) is 20.1. The van der Waals surface area contributed by atoms with E-state index in [1.54, 1.807) is 24.3 Å². The molecule has 0 saturated heterocycles. The summed E-state index contributed by atoms with van der Waals surface area (Å²) in [6.07, 6.45) is 23.6. The fourth-order valence-electron chi connectivity index (χ4n) is 9.85. The number of allylic oxidation sites excluding steroid dienone is 8. The fraction of sp³-hybridized carbons (Fsp3) is 0.560. The molecule has 2 aliphatic carbocycles. The number of carbonyl (C=O) groups is 2. The van der Waals surface area contributed by atoms with E-state index in [-0.39, 0.29) is 44.0 Å². The van der Waals surface area contributed by atoms with Crippen molar-refractivity contribution < 1.29 is 43.7 Å². The zero-order valence-corrected chi connectivity index (χ0v) is 39.1. The van der Waals surface area contributed by atoms with Gasteiger partial charge in [0.15, 0.2) is 0 Å². The van der Waals surface area contributed by atoms with E-state index in [1.165, 1.54) is 34.1 Å². The van der Waals surface area contributed by atoms with Gasteiger partial charge in [0.25, 0.3) is 0 Å². The number of halogens is 4. The summed E-state index contributed by atoms with van der Waals surface area (Å²) in [5.74, 6) is -4.32. The number of nitrogens with zero attached hydrogens (tertiary/aromatic N) is 2. The van der Waals surface area contributed by atoms with Crippen molar-refractivity contribution in [3.05, 3.63) is 96.1 Å². The molecule has 0 spiro atoms. The normalized spacial score (nSPS) is 15.7. The van der Waals surface area contributed by atoms with Gasteiger partial charge in [0.1, 0.15) is 0 Å². The molecule has 0 unspecified atom stereocenters. The number of hydrogen-bond acceptors (Lipinski definition) is 2. The average Bonchev–Trinajstić information content (AvgIpc) is 3.84. The van der Waals surface area contributed by atoms with Crippen LogP contribution in [0.15, 0.2) is 72.9 Å². The molecule has 0 bridgehead atoms. The molecule has 0 saturated carbocycles. The number of carbonyl (C=O) groups excluding carboxylic acids is 2. The van der Waals surface area contributed by atoms with Gasteiger partial charge in [-0.2, -0.15) is 0 Å². The van der Waals surface area contributed by atoms with Gasteiger partial charge in [-0.15, -0.1) is 0 Å². The van der Waals surface area contributed by atoms with E-state index in [0.717, 1.165) is 51.4 Å². The molecule has 2 amide bonds. The van der Waals surface area contributed by atoms with Gasteiger partial charge in [0, 0.05) is 0 Å². The van der Waals surface area contributed by atoms with Crippen LogP contribution in [-0.2, 0) is 26.2 Å². The van der Waals surface area contributed by atoms with Crippen molar-refractivity contribution in [3.63, 3.8) is 0 Å². The summed E-state index contributed by atoms with van der Waals surface area (Å²) in [5, 5.41) is 0. The van der Waals surface area contributed by atoms with E-state index in [0.29, 0.717) is 25.7 Å². The molecule has 0 radical (unpaired) electrons. The van der Waals surface area contributed by atoms with Crippen LogP contribution in [0.25, 0.3) is 0 Å². The van der Waals surface area contributed by atoms with Gasteiger partial charge in [-0.05, 0) is 0 Å². The summed E-state index contributed by atoms with van der Waals surface area (Å²) in [4.78, 5) is 32.0. The van der Waals surface area contributed by atoms with Crippen molar-refractivity contribution in [2.75, 3.05) is 22.9 Å². The molecule has 324 valence electrons. The molecular formula is C50H70F4N2O2Ti. The van der Waals surface area contributed by atoms with Gasteiger partial charge in [0.2, 0.25) is 0 Å². The molecule has 0 fully saturated rings. The molecule has 0 aromatic heterocycles. The van der Waals surface area contributed by atoms with Crippen molar-refractivity contribution in [2.24, 2.45) is 10.8 Å². The number of rotatable bonds is 22. The third-order valence-corrected chi connectivity index (χ3v) is 22.8. The Morgan fingerprint density at radius 3 is 1.19 bits per heavy atom. The van der Waals surface area contributed by atoms with Crippen LogP contribution in [-0.4, -0.2) is 24.9 Å². The molecule has 59 heavy (non-hydrogen) atoms. The standard InChI is InChI=1S/2C19H28F2NO.2C6H7.Ti/c2*1-5-7-8-9-13-22(18(23)19(3,4)12-6-2)17-11-10-15(20)14-16(17)21;2*1-6-4-2-3-5-6;/h2*10-11H,5-9,12-13H2,1-4H3;2*2-5H,1H3;. The zero-order chi connectivity index (χ0) is 43.8. The second-order valence-electron chi connectivity index (χ2n) is 18.6. The van der Waals surface area contributed by atoms with Gasteiger partial charge in [-0.1, -0.05) is 0 Å². The van der Waals surface area contributed by atoms with Crippen LogP contribution >= 0.6 is 0 Å². The average molecular weight is 855 g/mol. The first-order valence-corrected chi connectivity index (χ1v) is 25.3. The molecule has 4 rings (SSSR count). The number of benzene rings is 2. The third-order valence-electron chi connectivity index (χ3n) is 12.9. The minimum atomic E-state index is -5.54. The first kappa shape index (κ1) is 48.4. The number of unbranched alkanes of at least 4 members (excludes halogenated alkanes) is 6. The molecule has 2 aromatic rings. The summed E-state index contributed by atoms with van der Waals surface area (Å²) in [6, 6.07) is 5.01. The second-order valence-corrected chi connectivity index (χ2v) is 25.8. The Hall–Kier alpha value is -3.23. The Morgan fingerprint density at radius 2 is 0.881 bits per heavy atom. The van der Waals surface area contributed by atoms with E-state index < -0.39 is 58.1 Å². The Morgan fingerprint density at radius 1 is 0.542 bits per heavy atom. The Bertz CT molecular complexity index is 1770. The minimum absolute atomic E-state index is 0.0859. The Balaban J connectivity index is 2.19. The van der Waals surface area contributed by atoms with Crippen LogP contribution in [0.1, 0.15) is 146 Å². The molecule has 0 aliphatic heterocycles. The maximum absolute atomic E-state index is 18.5. The van der Waals surface area contributed by atoms with Crippen molar-refractivity contribution in [1.82, 2.24) is 0 Å². The van der Waals surface area contributed by atoms with Gasteiger partial charge in [-0.3, -0.25) is 0 Å². The van der Waals surface area contributed by atoms with E-state index >= 15 is 17.6 Å². The summed E-state index contributed by atoms with van der Waals surface area (Å²) in [5.41, 5.74) is -1.87. The summed E-state index contributed by atoms with van der Waals surface area (Å²) >= 11 is -5.54. The third kappa shape index (κ3) is 9.49. The van der Waals surface area contributed by atoms with Crippen LogP contribution in [0.2, 0.25) is 7.44 Å². The Labute approximate surface area is 356 Å². The first-order valence-electron chi connectivity index (χ1n) is 22.2. The van der Waals surface area contributed by atoms with Crippen LogP contribution in [0, 0.1) is 34.1 Å². The maximum atomic E-state index is 18.5. The molecule has 0 heterocycles. The summed E-state index contributed by atoms with van der Waals surface area (Å²) in [6.45, 7) is 19.6. The van der Waals surface area contributed by atoms with Gasteiger partial charge < -0.3 is 0 Å².